The zero-order valence-electron chi connectivity index (χ0n) is 11.6. The van der Waals surface area contributed by atoms with Crippen molar-refractivity contribution in [2.45, 2.75) is 19.2 Å². The van der Waals surface area contributed by atoms with Crippen molar-refractivity contribution in [2.24, 2.45) is 0 Å². The molecule has 20 heavy (non-hydrogen) atoms. The molecule has 106 valence electrons. The van der Waals surface area contributed by atoms with E-state index in [0.717, 1.165) is 17.5 Å². The number of carbonyl (C=O) groups is 1. The summed E-state index contributed by atoms with van der Waals surface area (Å²) in [7, 11) is 1.57. The Morgan fingerprint density at radius 3 is 2.85 bits per heavy atom. The molecule has 0 radical (unpaired) electrons. The maximum Gasteiger partial charge on any atom is 0.261 e. The number of halogens is 1. The molecule has 1 rings (SSSR count). The van der Waals surface area contributed by atoms with Gasteiger partial charge in [0, 0.05) is 12.1 Å². The minimum Gasteiger partial charge on any atom is -0.496 e. The van der Waals surface area contributed by atoms with Gasteiger partial charge in [0.05, 0.1) is 13.0 Å². The predicted molar refractivity (Wildman–Crippen MR) is 79.4 cm³/mol. The summed E-state index contributed by atoms with van der Waals surface area (Å²) in [6.45, 7) is 2.50. The number of nitriles is 1. The third-order valence-corrected chi connectivity index (χ3v) is 2.95. The molecule has 1 aromatic carbocycles. The summed E-state index contributed by atoms with van der Waals surface area (Å²) in [6, 6.07) is 7.26. The molecular formula is C15H17ClN2O2. The molecule has 1 aromatic rings. The Balaban J connectivity index is 3.01. The molecule has 0 aliphatic rings. The molecule has 0 atom stereocenters. The molecule has 0 spiro atoms. The molecule has 5 heteroatoms. The molecule has 0 aliphatic carbocycles. The number of hydrogen-bond acceptors (Lipinski definition) is 3. The quantitative estimate of drug-likeness (QED) is 0.498. The molecule has 0 saturated heterocycles. The molecule has 0 saturated carbocycles. The Bertz CT molecular complexity index is 547. The van der Waals surface area contributed by atoms with Crippen LogP contribution >= 0.6 is 11.6 Å². The van der Waals surface area contributed by atoms with Gasteiger partial charge in [-0.1, -0.05) is 13.0 Å². The first-order chi connectivity index (χ1) is 9.65. The van der Waals surface area contributed by atoms with Crippen LogP contribution in [0.2, 0.25) is 0 Å². The summed E-state index contributed by atoms with van der Waals surface area (Å²) in [4.78, 5) is 11.8. The van der Waals surface area contributed by atoms with E-state index in [1.54, 1.807) is 31.4 Å². The number of methoxy groups -OCH3 is 1. The van der Waals surface area contributed by atoms with Crippen molar-refractivity contribution >= 4 is 23.6 Å². The van der Waals surface area contributed by atoms with E-state index >= 15 is 0 Å². The molecule has 0 aliphatic heterocycles. The van der Waals surface area contributed by atoms with E-state index in [1.807, 2.05) is 13.0 Å². The zero-order valence-corrected chi connectivity index (χ0v) is 12.3. The lowest BCUT2D eigenvalue weighted by Gasteiger charge is -2.07. The van der Waals surface area contributed by atoms with Crippen LogP contribution in [0.3, 0.4) is 0 Å². The molecule has 0 heterocycles. The molecule has 1 amide bonds. The Morgan fingerprint density at radius 1 is 1.55 bits per heavy atom. The van der Waals surface area contributed by atoms with Gasteiger partial charge in [-0.05, 0) is 30.2 Å². The second kappa shape index (κ2) is 8.23. The van der Waals surface area contributed by atoms with Gasteiger partial charge in [0.15, 0.2) is 0 Å². The first-order valence-electron chi connectivity index (χ1n) is 6.29. The fourth-order valence-electron chi connectivity index (χ4n) is 1.64. The van der Waals surface area contributed by atoms with Gasteiger partial charge in [0.1, 0.15) is 17.4 Å². The molecule has 0 bridgehead atoms. The Morgan fingerprint density at radius 2 is 2.30 bits per heavy atom. The fraction of sp³-hybridized carbons (Fsp3) is 0.333. The third kappa shape index (κ3) is 4.29. The highest BCUT2D eigenvalue weighted by atomic mass is 35.5. The van der Waals surface area contributed by atoms with Crippen molar-refractivity contribution in [2.75, 3.05) is 13.7 Å². The van der Waals surface area contributed by atoms with Crippen molar-refractivity contribution in [1.82, 2.24) is 5.32 Å². The van der Waals surface area contributed by atoms with E-state index < -0.39 is 0 Å². The molecule has 1 N–H and O–H groups in total. The van der Waals surface area contributed by atoms with Gasteiger partial charge in [0.2, 0.25) is 0 Å². The molecule has 0 unspecified atom stereocenters. The van der Waals surface area contributed by atoms with E-state index in [9.17, 15) is 4.79 Å². The van der Waals surface area contributed by atoms with E-state index in [1.165, 1.54) is 0 Å². The van der Waals surface area contributed by atoms with Crippen LogP contribution in [0.1, 0.15) is 24.5 Å². The Kier molecular flexibility index (Phi) is 6.61. The third-order valence-electron chi connectivity index (χ3n) is 2.66. The number of ether oxygens (including phenoxy) is 1. The second-order valence-electron chi connectivity index (χ2n) is 4.13. The van der Waals surface area contributed by atoms with Gasteiger partial charge in [-0.15, -0.1) is 11.6 Å². The number of alkyl halides is 1. The average molecular weight is 293 g/mol. The summed E-state index contributed by atoms with van der Waals surface area (Å²) in [5.41, 5.74) is 1.63. The van der Waals surface area contributed by atoms with Crippen molar-refractivity contribution in [3.63, 3.8) is 0 Å². The van der Waals surface area contributed by atoms with Crippen molar-refractivity contribution in [3.8, 4) is 11.8 Å². The van der Waals surface area contributed by atoms with E-state index in [2.05, 4.69) is 5.32 Å². The summed E-state index contributed by atoms with van der Waals surface area (Å²) < 4.78 is 5.17. The zero-order chi connectivity index (χ0) is 15.0. The second-order valence-corrected chi connectivity index (χ2v) is 4.40. The molecular weight excluding hydrogens is 276 g/mol. The maximum absolute atomic E-state index is 11.8. The first-order valence-corrected chi connectivity index (χ1v) is 6.82. The molecule has 0 fully saturated rings. The van der Waals surface area contributed by atoms with Gasteiger partial charge < -0.3 is 10.1 Å². The van der Waals surface area contributed by atoms with Gasteiger partial charge >= 0.3 is 0 Å². The summed E-state index contributed by atoms with van der Waals surface area (Å²) >= 11 is 5.84. The highest BCUT2D eigenvalue weighted by Gasteiger charge is 2.09. The van der Waals surface area contributed by atoms with Crippen LogP contribution < -0.4 is 10.1 Å². The fourth-order valence-corrected chi connectivity index (χ4v) is 1.85. The lowest BCUT2D eigenvalue weighted by molar-refractivity contribution is -0.117. The van der Waals surface area contributed by atoms with Crippen LogP contribution in [-0.4, -0.2) is 19.6 Å². The van der Waals surface area contributed by atoms with Gasteiger partial charge in [-0.25, -0.2) is 0 Å². The Hall–Kier alpha value is -1.99. The maximum atomic E-state index is 11.8. The Labute approximate surface area is 124 Å². The van der Waals surface area contributed by atoms with Crippen molar-refractivity contribution in [3.05, 3.63) is 34.9 Å². The van der Waals surface area contributed by atoms with Gasteiger partial charge in [-0.3, -0.25) is 4.79 Å². The summed E-state index contributed by atoms with van der Waals surface area (Å²) in [5.74, 6) is 0.623. The SMILES string of the molecule is CCCNC(=O)C(C#N)=Cc1ccc(OC)c(CCl)c1. The standard InChI is InChI=1S/C15H17ClN2O2/c1-3-6-18-15(19)13(10-17)8-11-4-5-14(20-2)12(7-11)9-16/h4-5,7-8H,3,6,9H2,1-2H3,(H,18,19). The van der Waals surface area contributed by atoms with Crippen molar-refractivity contribution < 1.29 is 9.53 Å². The van der Waals surface area contributed by atoms with E-state index in [4.69, 9.17) is 21.6 Å². The predicted octanol–water partition coefficient (Wildman–Crippen LogP) is 2.87. The summed E-state index contributed by atoms with van der Waals surface area (Å²) in [6.07, 6.45) is 2.36. The molecule has 0 aromatic heterocycles. The lowest BCUT2D eigenvalue weighted by Crippen LogP contribution is -2.25. The van der Waals surface area contributed by atoms with Crippen LogP contribution in [0.5, 0.6) is 5.75 Å². The van der Waals surface area contributed by atoms with E-state index in [-0.39, 0.29) is 11.5 Å². The number of amides is 1. The van der Waals surface area contributed by atoms with Crippen LogP contribution in [0.15, 0.2) is 23.8 Å². The highest BCUT2D eigenvalue weighted by molar-refractivity contribution is 6.17. The topological polar surface area (TPSA) is 62.1 Å². The van der Waals surface area contributed by atoms with Crippen molar-refractivity contribution in [1.29, 1.82) is 5.26 Å². The number of hydrogen-bond donors (Lipinski definition) is 1. The van der Waals surface area contributed by atoms with Crippen LogP contribution in [0.25, 0.3) is 6.08 Å². The average Bonchev–Trinajstić information content (AvgIpc) is 2.49. The van der Waals surface area contributed by atoms with Crippen LogP contribution in [0, 0.1) is 11.3 Å². The number of carbonyl (C=O) groups excluding carboxylic acids is 1. The van der Waals surface area contributed by atoms with Gasteiger partial charge in [-0.2, -0.15) is 5.26 Å². The number of rotatable bonds is 6. The molecule has 4 nitrogen and oxygen atoms in total. The lowest BCUT2D eigenvalue weighted by atomic mass is 10.1. The normalized spacial score (nSPS) is 10.8. The smallest absolute Gasteiger partial charge is 0.261 e. The van der Waals surface area contributed by atoms with E-state index in [0.29, 0.717) is 18.2 Å². The number of nitrogens with zero attached hydrogens (tertiary/aromatic N) is 1. The van der Waals surface area contributed by atoms with Crippen LogP contribution in [0.4, 0.5) is 0 Å². The first kappa shape index (κ1) is 16.1. The summed E-state index contributed by atoms with van der Waals surface area (Å²) in [5, 5.41) is 11.7. The minimum absolute atomic E-state index is 0.0733. The number of nitrogens with one attached hydrogen (secondary N) is 1. The van der Waals surface area contributed by atoms with Gasteiger partial charge in [0.25, 0.3) is 5.91 Å². The monoisotopic (exact) mass is 292 g/mol. The van der Waals surface area contributed by atoms with Crippen LogP contribution in [-0.2, 0) is 10.7 Å². The minimum atomic E-state index is -0.363. The largest absolute Gasteiger partial charge is 0.496 e. The number of benzene rings is 1. The highest BCUT2D eigenvalue weighted by Crippen LogP contribution is 2.22.